The summed E-state index contributed by atoms with van der Waals surface area (Å²) >= 11 is 4.98. The molecule has 4 nitrogen and oxygen atoms in total. The molecule has 2 rings (SSSR count). The summed E-state index contributed by atoms with van der Waals surface area (Å²) in [6, 6.07) is 1.65. The number of thiophene rings is 1. The highest BCUT2D eigenvalue weighted by molar-refractivity contribution is 9.10. The molecule has 1 atom stereocenters. The number of nitrogens with zero attached hydrogens (tertiary/aromatic N) is 2. The van der Waals surface area contributed by atoms with Crippen LogP contribution in [-0.4, -0.2) is 10.1 Å². The molecule has 2 N–H and O–H groups in total. The van der Waals surface area contributed by atoms with Crippen molar-refractivity contribution in [2.75, 3.05) is 0 Å². The van der Waals surface area contributed by atoms with Crippen LogP contribution in [0.15, 0.2) is 20.4 Å². The lowest BCUT2D eigenvalue weighted by atomic mass is 9.97. The zero-order valence-corrected chi connectivity index (χ0v) is 12.3. The summed E-state index contributed by atoms with van der Waals surface area (Å²) < 4.78 is 6.25. The molecule has 2 heterocycles. The van der Waals surface area contributed by atoms with Crippen LogP contribution in [0, 0.1) is 0 Å². The van der Waals surface area contributed by atoms with Crippen molar-refractivity contribution in [2.24, 2.45) is 5.73 Å². The maximum atomic E-state index is 6.09. The molecule has 0 aliphatic carbocycles. The summed E-state index contributed by atoms with van der Waals surface area (Å²) in [6.07, 6.45) is 0. The van der Waals surface area contributed by atoms with Crippen molar-refractivity contribution < 1.29 is 4.52 Å². The maximum Gasteiger partial charge on any atom is 0.232 e. The molecule has 0 amide bonds. The van der Waals surface area contributed by atoms with E-state index >= 15 is 0 Å². The third kappa shape index (κ3) is 2.75. The average molecular weight is 316 g/mol. The number of nitrogens with two attached hydrogens (primary N) is 1. The van der Waals surface area contributed by atoms with Crippen LogP contribution in [0.4, 0.5) is 0 Å². The van der Waals surface area contributed by atoms with Gasteiger partial charge in [-0.25, -0.2) is 0 Å². The van der Waals surface area contributed by atoms with Gasteiger partial charge in [0, 0.05) is 20.1 Å². The van der Waals surface area contributed by atoms with E-state index in [9.17, 15) is 0 Å². The van der Waals surface area contributed by atoms with Crippen molar-refractivity contribution in [3.8, 4) is 0 Å². The first-order valence-electron chi connectivity index (χ1n) is 5.21. The standard InChI is InChI=1S/C11H14BrN3OS/c1-11(2,3)10-14-9(15-16-10)8(13)7-4-6(12)5-17-7/h4-5,8H,13H2,1-3H3. The fraction of sp³-hybridized carbons (Fsp3) is 0.455. The first-order chi connectivity index (χ1) is 7.88. The maximum absolute atomic E-state index is 6.09. The van der Waals surface area contributed by atoms with E-state index in [4.69, 9.17) is 10.3 Å². The average Bonchev–Trinajstić information content (AvgIpc) is 2.83. The smallest absolute Gasteiger partial charge is 0.232 e. The number of halogens is 1. The minimum absolute atomic E-state index is 0.152. The third-order valence-electron chi connectivity index (χ3n) is 2.26. The molecular formula is C11H14BrN3OS. The highest BCUT2D eigenvalue weighted by Gasteiger charge is 2.24. The van der Waals surface area contributed by atoms with Crippen LogP contribution in [-0.2, 0) is 5.41 Å². The van der Waals surface area contributed by atoms with Gasteiger partial charge in [0.1, 0.15) is 6.04 Å². The van der Waals surface area contributed by atoms with E-state index in [1.807, 2.05) is 32.2 Å². The molecule has 0 aliphatic rings. The SMILES string of the molecule is CC(C)(C)c1nc(C(N)c2cc(Br)cs2)no1. The van der Waals surface area contributed by atoms with Gasteiger partial charge in [-0.1, -0.05) is 25.9 Å². The molecule has 0 fully saturated rings. The van der Waals surface area contributed by atoms with Gasteiger partial charge in [-0.3, -0.25) is 0 Å². The van der Waals surface area contributed by atoms with Crippen molar-refractivity contribution in [2.45, 2.75) is 32.2 Å². The molecule has 0 aliphatic heterocycles. The second-order valence-corrected chi connectivity index (χ2v) is 6.71. The predicted octanol–water partition coefficient (Wildman–Crippen LogP) is 3.24. The van der Waals surface area contributed by atoms with Crippen LogP contribution in [0.5, 0.6) is 0 Å². The Kier molecular flexibility index (Phi) is 3.38. The van der Waals surface area contributed by atoms with Crippen LogP contribution < -0.4 is 5.73 Å². The normalized spacial score (nSPS) is 13.9. The summed E-state index contributed by atoms with van der Waals surface area (Å²) in [5, 5.41) is 5.93. The minimum Gasteiger partial charge on any atom is -0.339 e. The van der Waals surface area contributed by atoms with Gasteiger partial charge in [0.25, 0.3) is 0 Å². The second kappa shape index (κ2) is 4.51. The molecule has 0 saturated carbocycles. The van der Waals surface area contributed by atoms with Crippen molar-refractivity contribution in [3.63, 3.8) is 0 Å². The largest absolute Gasteiger partial charge is 0.339 e. The van der Waals surface area contributed by atoms with Gasteiger partial charge in [0.2, 0.25) is 5.89 Å². The molecule has 6 heteroatoms. The Morgan fingerprint density at radius 1 is 1.47 bits per heavy atom. The molecule has 2 aromatic heterocycles. The second-order valence-electron chi connectivity index (χ2n) is 4.85. The molecule has 2 aromatic rings. The van der Waals surface area contributed by atoms with Gasteiger partial charge >= 0.3 is 0 Å². The molecule has 0 radical (unpaired) electrons. The van der Waals surface area contributed by atoms with Crippen molar-refractivity contribution in [1.82, 2.24) is 10.1 Å². The van der Waals surface area contributed by atoms with Crippen molar-refractivity contribution >= 4 is 27.3 Å². The van der Waals surface area contributed by atoms with Gasteiger partial charge in [-0.15, -0.1) is 11.3 Å². The van der Waals surface area contributed by atoms with Crippen LogP contribution in [0.2, 0.25) is 0 Å². The summed E-state index contributed by atoms with van der Waals surface area (Å²) in [6.45, 7) is 6.08. The van der Waals surface area contributed by atoms with E-state index in [1.54, 1.807) is 11.3 Å². The fourth-order valence-electron chi connectivity index (χ4n) is 1.28. The van der Waals surface area contributed by atoms with E-state index < -0.39 is 0 Å². The van der Waals surface area contributed by atoms with Gasteiger partial charge in [0.05, 0.1) is 0 Å². The van der Waals surface area contributed by atoms with E-state index in [-0.39, 0.29) is 11.5 Å². The van der Waals surface area contributed by atoms with Crippen LogP contribution in [0.3, 0.4) is 0 Å². The van der Waals surface area contributed by atoms with Gasteiger partial charge in [0.15, 0.2) is 5.82 Å². The highest BCUT2D eigenvalue weighted by Crippen LogP contribution is 2.28. The van der Waals surface area contributed by atoms with Crippen molar-refractivity contribution in [3.05, 3.63) is 32.5 Å². The molecule has 92 valence electrons. The molecule has 1 unspecified atom stereocenters. The van der Waals surface area contributed by atoms with Crippen LogP contribution in [0.25, 0.3) is 0 Å². The fourth-order valence-corrected chi connectivity index (χ4v) is 2.73. The molecule has 0 spiro atoms. The van der Waals surface area contributed by atoms with Gasteiger partial charge in [-0.05, 0) is 22.0 Å². The summed E-state index contributed by atoms with van der Waals surface area (Å²) in [7, 11) is 0. The minimum atomic E-state index is -0.328. The lowest BCUT2D eigenvalue weighted by Gasteiger charge is -2.10. The summed E-state index contributed by atoms with van der Waals surface area (Å²) in [5.74, 6) is 1.14. The molecule has 0 aromatic carbocycles. The Morgan fingerprint density at radius 3 is 2.65 bits per heavy atom. The van der Waals surface area contributed by atoms with E-state index in [0.29, 0.717) is 11.7 Å². The zero-order valence-electron chi connectivity index (χ0n) is 9.90. The third-order valence-corrected chi connectivity index (χ3v) is 4.03. The Labute approximate surface area is 112 Å². The number of hydrogen-bond donors (Lipinski definition) is 1. The lowest BCUT2D eigenvalue weighted by molar-refractivity contribution is 0.317. The highest BCUT2D eigenvalue weighted by atomic mass is 79.9. The van der Waals surface area contributed by atoms with Crippen LogP contribution >= 0.6 is 27.3 Å². The first kappa shape index (κ1) is 12.7. The van der Waals surface area contributed by atoms with E-state index in [1.165, 1.54) is 0 Å². The summed E-state index contributed by atoms with van der Waals surface area (Å²) in [5.41, 5.74) is 5.94. The Bertz CT molecular complexity index is 515. The number of aromatic nitrogens is 2. The van der Waals surface area contributed by atoms with Gasteiger partial charge < -0.3 is 10.3 Å². The Balaban J connectivity index is 2.26. The summed E-state index contributed by atoms with van der Waals surface area (Å²) in [4.78, 5) is 5.37. The topological polar surface area (TPSA) is 64.9 Å². The van der Waals surface area contributed by atoms with E-state index in [0.717, 1.165) is 9.35 Å². The molecule has 0 saturated heterocycles. The zero-order chi connectivity index (χ0) is 12.6. The number of hydrogen-bond acceptors (Lipinski definition) is 5. The molecular weight excluding hydrogens is 302 g/mol. The Hall–Kier alpha value is -0.720. The first-order valence-corrected chi connectivity index (χ1v) is 6.89. The molecule has 0 bridgehead atoms. The van der Waals surface area contributed by atoms with Crippen LogP contribution in [0.1, 0.15) is 43.4 Å². The molecule has 17 heavy (non-hydrogen) atoms. The number of rotatable bonds is 2. The van der Waals surface area contributed by atoms with E-state index in [2.05, 4.69) is 26.1 Å². The predicted molar refractivity (Wildman–Crippen MR) is 71.0 cm³/mol. The quantitative estimate of drug-likeness (QED) is 0.924. The van der Waals surface area contributed by atoms with Gasteiger partial charge in [-0.2, -0.15) is 4.98 Å². The monoisotopic (exact) mass is 315 g/mol. The lowest BCUT2D eigenvalue weighted by Crippen LogP contribution is -2.14. The Morgan fingerprint density at radius 2 is 2.18 bits per heavy atom. The van der Waals surface area contributed by atoms with Crippen molar-refractivity contribution in [1.29, 1.82) is 0 Å².